The molecule has 2 aromatic rings. The number of benzene rings is 2. The van der Waals surface area contributed by atoms with Crippen LogP contribution in [0.3, 0.4) is 0 Å². The zero-order chi connectivity index (χ0) is 16.4. The van der Waals surface area contributed by atoms with Crippen LogP contribution in [0.5, 0.6) is 5.75 Å². The largest absolute Gasteiger partial charge is 0.486 e. The van der Waals surface area contributed by atoms with E-state index in [1.165, 1.54) is 0 Å². The van der Waals surface area contributed by atoms with Crippen molar-refractivity contribution in [1.29, 1.82) is 0 Å². The molecule has 0 unspecified atom stereocenters. The molecule has 1 atom stereocenters. The second-order valence-corrected chi connectivity index (χ2v) is 5.98. The molecule has 0 fully saturated rings. The minimum Gasteiger partial charge on any atom is -0.486 e. The van der Waals surface area contributed by atoms with Gasteiger partial charge in [-0.1, -0.05) is 36.7 Å². The van der Waals surface area contributed by atoms with Crippen LogP contribution in [0.15, 0.2) is 42.5 Å². The summed E-state index contributed by atoms with van der Waals surface area (Å²) in [4.78, 5) is 14.5. The number of urea groups is 1. The Balaban J connectivity index is 1.88. The molecule has 1 N–H and O–H groups in total. The van der Waals surface area contributed by atoms with Crippen molar-refractivity contribution in [3.63, 3.8) is 0 Å². The predicted molar refractivity (Wildman–Crippen MR) is 93.7 cm³/mol. The number of amides is 2. The number of carbonyl (C=O) groups excluding carboxylic acids is 1. The third-order valence-corrected chi connectivity index (χ3v) is 4.46. The van der Waals surface area contributed by atoms with E-state index >= 15 is 0 Å². The number of ether oxygens (including phenoxy) is 1. The number of hydrogen-bond donors (Lipinski definition) is 1. The molecule has 0 spiro atoms. The van der Waals surface area contributed by atoms with E-state index in [0.717, 1.165) is 29.1 Å². The maximum atomic E-state index is 12.8. The second-order valence-electron chi connectivity index (χ2n) is 5.57. The normalized spacial score (nSPS) is 16.5. The molecule has 4 nitrogen and oxygen atoms in total. The summed E-state index contributed by atoms with van der Waals surface area (Å²) in [5.74, 6) is 0.739. The fourth-order valence-electron chi connectivity index (χ4n) is 2.63. The molecule has 2 aromatic carbocycles. The van der Waals surface area contributed by atoms with Crippen LogP contribution in [0.4, 0.5) is 16.2 Å². The van der Waals surface area contributed by atoms with Gasteiger partial charge in [-0.25, -0.2) is 4.79 Å². The summed E-state index contributed by atoms with van der Waals surface area (Å²) in [6.45, 7) is 4.47. The van der Waals surface area contributed by atoms with Gasteiger partial charge in [0.15, 0.2) is 0 Å². The van der Waals surface area contributed by atoms with Crippen molar-refractivity contribution >= 4 is 29.0 Å². The van der Waals surface area contributed by atoms with Crippen molar-refractivity contribution in [2.45, 2.75) is 26.4 Å². The molecule has 0 saturated heterocycles. The lowest BCUT2D eigenvalue weighted by atomic mass is 10.1. The molecule has 0 saturated carbocycles. The van der Waals surface area contributed by atoms with Gasteiger partial charge in [-0.05, 0) is 43.2 Å². The van der Waals surface area contributed by atoms with E-state index in [1.807, 2.05) is 49.4 Å². The number of carbonyl (C=O) groups is 1. The van der Waals surface area contributed by atoms with Gasteiger partial charge in [0, 0.05) is 10.7 Å². The Bertz CT molecular complexity index is 733. The van der Waals surface area contributed by atoms with Gasteiger partial charge in [-0.15, -0.1) is 0 Å². The van der Waals surface area contributed by atoms with Gasteiger partial charge in [-0.2, -0.15) is 0 Å². The van der Waals surface area contributed by atoms with Crippen LogP contribution in [0, 0.1) is 6.92 Å². The van der Waals surface area contributed by atoms with Gasteiger partial charge in [0.1, 0.15) is 11.9 Å². The van der Waals surface area contributed by atoms with Crippen molar-refractivity contribution in [3.05, 3.63) is 53.1 Å². The smallest absolute Gasteiger partial charge is 0.326 e. The molecule has 120 valence electrons. The van der Waals surface area contributed by atoms with E-state index in [-0.39, 0.29) is 12.1 Å². The first-order chi connectivity index (χ1) is 11.1. The summed E-state index contributed by atoms with van der Waals surface area (Å²) < 4.78 is 5.91. The maximum absolute atomic E-state index is 12.8. The monoisotopic (exact) mass is 330 g/mol. The Labute approximate surface area is 141 Å². The molecule has 0 bridgehead atoms. The van der Waals surface area contributed by atoms with Crippen molar-refractivity contribution in [1.82, 2.24) is 0 Å². The highest BCUT2D eigenvalue weighted by Crippen LogP contribution is 2.34. The van der Waals surface area contributed by atoms with Crippen LogP contribution >= 0.6 is 11.6 Å². The number of para-hydroxylation sites is 2. The Morgan fingerprint density at radius 1 is 1.30 bits per heavy atom. The minimum absolute atomic E-state index is 0.00360. The molecular weight excluding hydrogens is 312 g/mol. The van der Waals surface area contributed by atoms with Gasteiger partial charge < -0.3 is 10.1 Å². The number of halogens is 1. The van der Waals surface area contributed by atoms with Crippen molar-refractivity contribution in [2.24, 2.45) is 0 Å². The SMILES string of the molecule is CC[C@H]1CN(C(=O)Nc2cccc(Cl)c2C)c2ccccc2O1. The van der Waals surface area contributed by atoms with Gasteiger partial charge >= 0.3 is 6.03 Å². The highest BCUT2D eigenvalue weighted by atomic mass is 35.5. The van der Waals surface area contributed by atoms with Gasteiger partial charge in [0.05, 0.1) is 12.2 Å². The summed E-state index contributed by atoms with van der Waals surface area (Å²) in [6.07, 6.45) is 0.838. The number of hydrogen-bond acceptors (Lipinski definition) is 2. The fraction of sp³-hybridized carbons (Fsp3) is 0.278. The van der Waals surface area contributed by atoms with E-state index in [0.29, 0.717) is 11.6 Å². The van der Waals surface area contributed by atoms with Gasteiger partial charge in [-0.3, -0.25) is 4.90 Å². The highest BCUT2D eigenvalue weighted by Gasteiger charge is 2.28. The third-order valence-electron chi connectivity index (χ3n) is 4.05. The van der Waals surface area contributed by atoms with Crippen molar-refractivity contribution < 1.29 is 9.53 Å². The average Bonchev–Trinajstić information content (AvgIpc) is 2.57. The lowest BCUT2D eigenvalue weighted by Crippen LogP contribution is -2.45. The molecular formula is C18H19ClN2O2. The van der Waals surface area contributed by atoms with E-state index in [4.69, 9.17) is 16.3 Å². The molecule has 2 amide bonds. The molecule has 1 aliphatic rings. The second kappa shape index (κ2) is 6.50. The minimum atomic E-state index is -0.176. The average molecular weight is 331 g/mol. The van der Waals surface area contributed by atoms with E-state index in [1.54, 1.807) is 4.90 Å². The molecule has 3 rings (SSSR count). The first-order valence-corrected chi connectivity index (χ1v) is 8.07. The van der Waals surface area contributed by atoms with Gasteiger partial charge in [0.2, 0.25) is 0 Å². The van der Waals surface area contributed by atoms with E-state index < -0.39 is 0 Å². The molecule has 23 heavy (non-hydrogen) atoms. The zero-order valence-corrected chi connectivity index (χ0v) is 13.9. The predicted octanol–water partition coefficient (Wildman–Crippen LogP) is 4.86. The topological polar surface area (TPSA) is 41.6 Å². The molecule has 0 aromatic heterocycles. The lowest BCUT2D eigenvalue weighted by Gasteiger charge is -2.34. The Morgan fingerprint density at radius 2 is 2.09 bits per heavy atom. The lowest BCUT2D eigenvalue weighted by molar-refractivity contribution is 0.188. The molecule has 1 heterocycles. The van der Waals surface area contributed by atoms with Crippen molar-refractivity contribution in [3.8, 4) is 5.75 Å². The fourth-order valence-corrected chi connectivity index (χ4v) is 2.80. The van der Waals surface area contributed by atoms with Crippen LogP contribution in [0.25, 0.3) is 0 Å². The standard InChI is InChI=1S/C18H19ClN2O2/c1-3-13-11-21(16-9-4-5-10-17(16)23-13)18(22)20-15-8-6-7-14(19)12(15)2/h4-10,13H,3,11H2,1-2H3,(H,20,22)/t13-/m0/s1. The summed E-state index contributed by atoms with van der Waals surface area (Å²) in [5.41, 5.74) is 2.37. The summed E-state index contributed by atoms with van der Waals surface area (Å²) in [5, 5.41) is 3.59. The van der Waals surface area contributed by atoms with E-state index in [9.17, 15) is 4.79 Å². The van der Waals surface area contributed by atoms with Crippen molar-refractivity contribution in [2.75, 3.05) is 16.8 Å². The Morgan fingerprint density at radius 3 is 2.87 bits per heavy atom. The molecule has 0 radical (unpaired) electrons. The Hall–Kier alpha value is -2.20. The molecule has 5 heteroatoms. The third kappa shape index (κ3) is 3.13. The van der Waals surface area contributed by atoms with Crippen LogP contribution in [0.2, 0.25) is 5.02 Å². The Kier molecular flexibility index (Phi) is 4.44. The van der Waals surface area contributed by atoms with E-state index in [2.05, 4.69) is 12.2 Å². The van der Waals surface area contributed by atoms with Crippen LogP contribution in [-0.4, -0.2) is 18.7 Å². The van der Waals surface area contributed by atoms with Crippen LogP contribution in [-0.2, 0) is 0 Å². The maximum Gasteiger partial charge on any atom is 0.326 e. The highest BCUT2D eigenvalue weighted by molar-refractivity contribution is 6.31. The summed E-state index contributed by atoms with van der Waals surface area (Å²) >= 11 is 6.12. The van der Waals surface area contributed by atoms with Gasteiger partial charge in [0.25, 0.3) is 0 Å². The number of rotatable bonds is 2. The first kappa shape index (κ1) is 15.7. The van der Waals surface area contributed by atoms with Crippen LogP contribution in [0.1, 0.15) is 18.9 Å². The number of nitrogens with zero attached hydrogens (tertiary/aromatic N) is 1. The van der Waals surface area contributed by atoms with Crippen LogP contribution < -0.4 is 15.0 Å². The molecule has 1 aliphatic heterocycles. The number of fused-ring (bicyclic) bond motifs is 1. The number of nitrogens with one attached hydrogen (secondary N) is 1. The zero-order valence-electron chi connectivity index (χ0n) is 13.2. The number of anilines is 2. The summed E-state index contributed by atoms with van der Waals surface area (Å²) in [7, 11) is 0. The molecule has 0 aliphatic carbocycles. The summed E-state index contributed by atoms with van der Waals surface area (Å²) in [6, 6.07) is 12.9. The quantitative estimate of drug-likeness (QED) is 0.854. The first-order valence-electron chi connectivity index (χ1n) is 7.69.